The molecule has 3 N–H and O–H groups in total. The zero-order valence-corrected chi connectivity index (χ0v) is 17.5. The van der Waals surface area contributed by atoms with E-state index in [0.717, 1.165) is 20.7 Å². The molecule has 0 spiro atoms. The van der Waals surface area contributed by atoms with Crippen LogP contribution in [0.2, 0.25) is 0 Å². The van der Waals surface area contributed by atoms with Crippen LogP contribution in [0.1, 0.15) is 5.56 Å². The molecular formula is C16H17BrN6O2S2. The fourth-order valence-corrected chi connectivity index (χ4v) is 5.14. The first kappa shape index (κ1) is 19.7. The summed E-state index contributed by atoms with van der Waals surface area (Å²) < 4.78 is 27.8. The number of aryl methyl sites for hydroxylation is 1. The van der Waals surface area contributed by atoms with E-state index >= 15 is 0 Å². The van der Waals surface area contributed by atoms with Gasteiger partial charge < -0.3 is 10.6 Å². The summed E-state index contributed by atoms with van der Waals surface area (Å²) in [6, 6.07) is 10.6. The number of nitrogens with one attached hydrogen (secondary N) is 3. The summed E-state index contributed by atoms with van der Waals surface area (Å²) >= 11 is 4.42. The second-order valence-corrected chi connectivity index (χ2v) is 9.99. The fourth-order valence-electron chi connectivity index (χ4n) is 2.06. The molecule has 0 aromatic carbocycles. The number of anilines is 3. The van der Waals surface area contributed by atoms with Gasteiger partial charge in [0.1, 0.15) is 15.8 Å². The van der Waals surface area contributed by atoms with Crippen molar-refractivity contribution in [3.05, 3.63) is 51.9 Å². The molecule has 142 valence electrons. The van der Waals surface area contributed by atoms with Crippen molar-refractivity contribution < 1.29 is 8.42 Å². The van der Waals surface area contributed by atoms with Gasteiger partial charge >= 0.3 is 0 Å². The van der Waals surface area contributed by atoms with Crippen molar-refractivity contribution in [2.24, 2.45) is 0 Å². The van der Waals surface area contributed by atoms with Crippen molar-refractivity contribution in [1.29, 1.82) is 0 Å². The minimum atomic E-state index is -3.49. The SMILES string of the molecule is Cc1ccc(Nc2ccc(NCCNS(=O)(=O)c3ccc(Br)s3)nn2)nc1. The number of hydrogen-bond donors (Lipinski definition) is 3. The standard InChI is InChI=1S/C16H17BrN6O2S2/c1-11-2-4-13(19-10-11)21-15-6-5-14(22-23-15)18-8-9-20-27(24,25)16-7-3-12(17)26-16/h2-7,10,20H,8-9H2,1H3,(H,18,22)(H,19,21,23). The normalized spacial score (nSPS) is 11.3. The molecule has 11 heteroatoms. The Balaban J connectivity index is 1.47. The zero-order valence-electron chi connectivity index (χ0n) is 14.3. The largest absolute Gasteiger partial charge is 0.367 e. The molecule has 27 heavy (non-hydrogen) atoms. The van der Waals surface area contributed by atoms with Crippen molar-refractivity contribution in [2.75, 3.05) is 23.7 Å². The molecular weight excluding hydrogens is 452 g/mol. The predicted octanol–water partition coefficient (Wildman–Crippen LogP) is 3.14. The van der Waals surface area contributed by atoms with Gasteiger partial charge in [-0.1, -0.05) is 6.07 Å². The highest BCUT2D eigenvalue weighted by Crippen LogP contribution is 2.25. The highest BCUT2D eigenvalue weighted by atomic mass is 79.9. The van der Waals surface area contributed by atoms with Crippen LogP contribution >= 0.6 is 27.3 Å². The zero-order chi connectivity index (χ0) is 19.3. The van der Waals surface area contributed by atoms with Crippen LogP contribution in [0.25, 0.3) is 0 Å². The van der Waals surface area contributed by atoms with Gasteiger partial charge in [-0.2, -0.15) is 0 Å². The van der Waals surface area contributed by atoms with Gasteiger partial charge in [-0.05, 0) is 58.7 Å². The van der Waals surface area contributed by atoms with Crippen molar-refractivity contribution in [3.8, 4) is 0 Å². The van der Waals surface area contributed by atoms with Crippen LogP contribution in [0, 0.1) is 6.92 Å². The average molecular weight is 469 g/mol. The maximum absolute atomic E-state index is 12.1. The molecule has 0 aliphatic heterocycles. The van der Waals surface area contributed by atoms with Crippen LogP contribution in [0.4, 0.5) is 17.5 Å². The second kappa shape index (κ2) is 8.74. The monoisotopic (exact) mass is 468 g/mol. The van der Waals surface area contributed by atoms with Gasteiger partial charge in [0.05, 0.1) is 3.79 Å². The van der Waals surface area contributed by atoms with Crippen molar-refractivity contribution >= 4 is 54.7 Å². The van der Waals surface area contributed by atoms with E-state index in [0.29, 0.717) is 24.0 Å². The lowest BCUT2D eigenvalue weighted by Crippen LogP contribution is -2.28. The van der Waals surface area contributed by atoms with Crippen molar-refractivity contribution in [3.63, 3.8) is 0 Å². The van der Waals surface area contributed by atoms with E-state index in [2.05, 4.69) is 46.5 Å². The maximum Gasteiger partial charge on any atom is 0.250 e. The molecule has 3 aromatic heterocycles. The van der Waals surface area contributed by atoms with Crippen LogP contribution in [0.5, 0.6) is 0 Å². The molecule has 0 amide bonds. The number of hydrogen-bond acceptors (Lipinski definition) is 8. The summed E-state index contributed by atoms with van der Waals surface area (Å²) in [4.78, 5) is 4.24. The summed E-state index contributed by atoms with van der Waals surface area (Å²) in [5.41, 5.74) is 1.08. The first-order valence-corrected chi connectivity index (χ1v) is 11.0. The summed E-state index contributed by atoms with van der Waals surface area (Å²) in [5, 5.41) is 14.2. The fraction of sp³-hybridized carbons (Fsp3) is 0.188. The van der Waals surface area contributed by atoms with Gasteiger partial charge in [0.2, 0.25) is 10.0 Å². The Kier molecular flexibility index (Phi) is 6.37. The number of nitrogens with zero attached hydrogens (tertiary/aromatic N) is 3. The molecule has 0 bridgehead atoms. The number of pyridine rings is 1. The summed E-state index contributed by atoms with van der Waals surface area (Å²) in [5.74, 6) is 1.81. The molecule has 3 heterocycles. The average Bonchev–Trinajstić information content (AvgIpc) is 3.09. The highest BCUT2D eigenvalue weighted by Gasteiger charge is 2.15. The third-order valence-corrected chi connectivity index (χ3v) is 6.95. The number of sulfonamides is 1. The third-order valence-electron chi connectivity index (χ3n) is 3.37. The molecule has 0 radical (unpaired) electrons. The van der Waals surface area contributed by atoms with Gasteiger partial charge in [0.15, 0.2) is 5.82 Å². The van der Waals surface area contributed by atoms with Gasteiger partial charge in [-0.15, -0.1) is 21.5 Å². The lowest BCUT2D eigenvalue weighted by Gasteiger charge is -2.08. The minimum Gasteiger partial charge on any atom is -0.367 e. The Bertz CT molecular complexity index is 991. The van der Waals surface area contributed by atoms with Crippen LogP contribution < -0.4 is 15.4 Å². The lowest BCUT2D eigenvalue weighted by molar-refractivity contribution is 0.585. The highest BCUT2D eigenvalue weighted by molar-refractivity contribution is 9.11. The minimum absolute atomic E-state index is 0.229. The Morgan fingerprint density at radius 1 is 1.00 bits per heavy atom. The Labute approximate surface area is 169 Å². The van der Waals surface area contributed by atoms with Crippen LogP contribution in [-0.2, 0) is 10.0 Å². The van der Waals surface area contributed by atoms with E-state index in [1.807, 2.05) is 19.1 Å². The quantitative estimate of drug-likeness (QED) is 0.435. The first-order valence-electron chi connectivity index (χ1n) is 7.95. The first-order chi connectivity index (χ1) is 12.9. The van der Waals surface area contributed by atoms with Gasteiger partial charge in [-0.3, -0.25) is 0 Å². The molecule has 0 aliphatic rings. The smallest absolute Gasteiger partial charge is 0.250 e. The molecule has 0 saturated carbocycles. The Morgan fingerprint density at radius 2 is 1.74 bits per heavy atom. The van der Waals surface area contributed by atoms with Crippen LogP contribution in [0.3, 0.4) is 0 Å². The number of aromatic nitrogens is 3. The molecule has 0 aliphatic carbocycles. The van der Waals surface area contributed by atoms with E-state index in [-0.39, 0.29) is 10.8 Å². The van der Waals surface area contributed by atoms with E-state index in [1.165, 1.54) is 0 Å². The summed E-state index contributed by atoms with van der Waals surface area (Å²) in [6.45, 7) is 2.58. The molecule has 3 rings (SSSR count). The third kappa shape index (κ3) is 5.70. The Hall–Kier alpha value is -2.08. The molecule has 0 atom stereocenters. The van der Waals surface area contributed by atoms with Gasteiger partial charge in [0, 0.05) is 19.3 Å². The van der Waals surface area contributed by atoms with E-state index in [4.69, 9.17) is 0 Å². The molecule has 0 unspecified atom stereocenters. The van der Waals surface area contributed by atoms with Crippen molar-refractivity contribution in [2.45, 2.75) is 11.1 Å². The number of rotatable bonds is 8. The van der Waals surface area contributed by atoms with E-state index in [1.54, 1.807) is 30.5 Å². The summed E-state index contributed by atoms with van der Waals surface area (Å²) in [7, 11) is -3.49. The van der Waals surface area contributed by atoms with E-state index in [9.17, 15) is 8.42 Å². The van der Waals surface area contributed by atoms with Gasteiger partial charge in [0.25, 0.3) is 0 Å². The van der Waals surface area contributed by atoms with Crippen molar-refractivity contribution in [1.82, 2.24) is 19.9 Å². The number of halogens is 1. The molecule has 0 fully saturated rings. The van der Waals surface area contributed by atoms with E-state index < -0.39 is 10.0 Å². The topological polar surface area (TPSA) is 109 Å². The second-order valence-electron chi connectivity index (χ2n) is 5.53. The Morgan fingerprint density at radius 3 is 2.37 bits per heavy atom. The maximum atomic E-state index is 12.1. The van der Waals surface area contributed by atoms with Crippen LogP contribution in [-0.4, -0.2) is 36.7 Å². The number of thiophene rings is 1. The summed E-state index contributed by atoms with van der Waals surface area (Å²) in [6.07, 6.45) is 1.77. The lowest BCUT2D eigenvalue weighted by atomic mass is 10.3. The molecule has 3 aromatic rings. The predicted molar refractivity (Wildman–Crippen MR) is 110 cm³/mol. The van der Waals surface area contributed by atoms with Crippen LogP contribution in [0.15, 0.2) is 50.6 Å². The molecule has 8 nitrogen and oxygen atoms in total. The molecule has 0 saturated heterocycles. The van der Waals surface area contributed by atoms with Gasteiger partial charge in [-0.25, -0.2) is 18.1 Å².